The molecule has 1 aromatic heterocycles. The maximum atomic E-state index is 12.2. The number of aryl methyl sites for hydroxylation is 2. The van der Waals surface area contributed by atoms with Crippen molar-refractivity contribution in [1.82, 2.24) is 0 Å². The first-order valence-corrected chi connectivity index (χ1v) is 7.85. The summed E-state index contributed by atoms with van der Waals surface area (Å²) >= 11 is 4.97. The molecule has 3 nitrogen and oxygen atoms in total. The lowest BCUT2D eigenvalue weighted by molar-refractivity contribution is -0.114. The normalized spacial score (nSPS) is 14.1. The van der Waals surface area contributed by atoms with Crippen molar-refractivity contribution in [1.29, 1.82) is 0 Å². The van der Waals surface area contributed by atoms with Gasteiger partial charge in [0.1, 0.15) is 0 Å². The Bertz CT molecular complexity index is 735. The lowest BCUT2D eigenvalue weighted by atomic mass is 10.0. The van der Waals surface area contributed by atoms with Crippen molar-refractivity contribution in [2.24, 2.45) is 0 Å². The Morgan fingerprint density at radius 2 is 1.95 bits per heavy atom. The Kier molecular flexibility index (Phi) is 3.26. The molecule has 0 atom stereocenters. The van der Waals surface area contributed by atoms with Crippen LogP contribution in [0.4, 0.5) is 5.69 Å². The van der Waals surface area contributed by atoms with Crippen molar-refractivity contribution < 1.29 is 9.59 Å². The van der Waals surface area contributed by atoms with Crippen LogP contribution in [0.3, 0.4) is 0 Å². The predicted octanol–water partition coefficient (Wildman–Crippen LogP) is 3.86. The van der Waals surface area contributed by atoms with Crippen molar-refractivity contribution in [3.8, 4) is 0 Å². The summed E-state index contributed by atoms with van der Waals surface area (Å²) in [4.78, 5) is 27.0. The zero-order chi connectivity index (χ0) is 14.4. The van der Waals surface area contributed by atoms with E-state index in [2.05, 4.69) is 15.9 Å². The Labute approximate surface area is 129 Å². The minimum Gasteiger partial charge on any atom is -0.300 e. The molecule has 0 saturated carbocycles. The minimum absolute atomic E-state index is 0.395. The van der Waals surface area contributed by atoms with Gasteiger partial charge in [-0.05, 0) is 53.0 Å². The van der Waals surface area contributed by atoms with E-state index in [1.807, 2.05) is 37.4 Å². The lowest BCUT2D eigenvalue weighted by Gasteiger charge is -2.16. The van der Waals surface area contributed by atoms with E-state index in [0.29, 0.717) is 12.1 Å². The highest BCUT2D eigenvalue weighted by Gasteiger charge is 2.37. The molecule has 0 N–H and O–H groups in total. The number of carbonyl (C=O) groups is 2. The van der Waals surface area contributed by atoms with Gasteiger partial charge in [0, 0.05) is 14.7 Å². The Balaban J connectivity index is 2.06. The van der Waals surface area contributed by atoms with Crippen LogP contribution in [0.25, 0.3) is 0 Å². The van der Waals surface area contributed by atoms with Crippen molar-refractivity contribution in [2.45, 2.75) is 20.4 Å². The molecule has 102 valence electrons. The van der Waals surface area contributed by atoms with E-state index >= 15 is 0 Å². The molecular formula is C15H12BrNO2S. The summed E-state index contributed by atoms with van der Waals surface area (Å²) in [6.45, 7) is 4.29. The molecular weight excluding hydrogens is 338 g/mol. The monoisotopic (exact) mass is 349 g/mol. The van der Waals surface area contributed by atoms with Gasteiger partial charge >= 0.3 is 0 Å². The highest BCUT2D eigenvalue weighted by Crippen LogP contribution is 2.34. The number of nitrogens with zero attached hydrogens (tertiary/aromatic N) is 1. The first-order valence-electron chi connectivity index (χ1n) is 6.17. The van der Waals surface area contributed by atoms with Crippen molar-refractivity contribution >= 4 is 44.6 Å². The summed E-state index contributed by atoms with van der Waals surface area (Å²) in [7, 11) is 0. The number of thiophene rings is 1. The van der Waals surface area contributed by atoms with Crippen LogP contribution in [0, 0.1) is 13.8 Å². The van der Waals surface area contributed by atoms with E-state index in [4.69, 9.17) is 0 Å². The van der Waals surface area contributed by atoms with Crippen LogP contribution < -0.4 is 4.90 Å². The van der Waals surface area contributed by atoms with Gasteiger partial charge in [-0.1, -0.05) is 6.07 Å². The fraction of sp³-hybridized carbons (Fsp3) is 0.200. The number of halogens is 1. The topological polar surface area (TPSA) is 37.4 Å². The minimum atomic E-state index is -0.432. The zero-order valence-corrected chi connectivity index (χ0v) is 13.5. The summed E-state index contributed by atoms with van der Waals surface area (Å²) in [5.41, 5.74) is 3.22. The summed E-state index contributed by atoms with van der Waals surface area (Å²) in [5.74, 6) is -0.827. The third-order valence-corrected chi connectivity index (χ3v) is 5.03. The zero-order valence-electron chi connectivity index (χ0n) is 11.1. The fourth-order valence-corrected chi connectivity index (χ4v) is 3.98. The van der Waals surface area contributed by atoms with E-state index in [0.717, 1.165) is 26.2 Å². The second-order valence-corrected chi connectivity index (χ2v) is 6.84. The van der Waals surface area contributed by atoms with Crippen LogP contribution in [0.1, 0.15) is 26.4 Å². The number of rotatable bonds is 2. The average Bonchev–Trinajstić information content (AvgIpc) is 2.87. The second-order valence-electron chi connectivity index (χ2n) is 4.93. The molecule has 0 spiro atoms. The Hall–Kier alpha value is -1.46. The van der Waals surface area contributed by atoms with E-state index < -0.39 is 11.7 Å². The number of hydrogen-bond donors (Lipinski definition) is 0. The SMILES string of the molecule is Cc1cc(C)c2c(c1)N(Cc1cc(Br)cs1)C(=O)C2=O. The van der Waals surface area contributed by atoms with Crippen molar-refractivity contribution in [3.63, 3.8) is 0 Å². The predicted molar refractivity (Wildman–Crippen MR) is 83.5 cm³/mol. The first kappa shape index (κ1) is 13.5. The van der Waals surface area contributed by atoms with E-state index in [1.165, 1.54) is 0 Å². The number of amides is 1. The number of benzene rings is 1. The quantitative estimate of drug-likeness (QED) is 0.772. The van der Waals surface area contributed by atoms with Gasteiger partial charge < -0.3 is 0 Å². The molecule has 0 saturated heterocycles. The maximum Gasteiger partial charge on any atom is 0.299 e. The number of ketones is 1. The highest BCUT2D eigenvalue weighted by atomic mass is 79.9. The van der Waals surface area contributed by atoms with Gasteiger partial charge in [0.2, 0.25) is 0 Å². The second kappa shape index (κ2) is 4.82. The molecule has 2 heterocycles. The number of carbonyl (C=O) groups excluding carboxylic acids is 2. The standard InChI is InChI=1S/C15H12BrNO2S/c1-8-3-9(2)13-12(4-8)17(15(19)14(13)18)6-11-5-10(16)7-20-11/h3-5,7H,6H2,1-2H3. The maximum absolute atomic E-state index is 12.2. The summed E-state index contributed by atoms with van der Waals surface area (Å²) in [6, 6.07) is 5.83. The number of Topliss-reactive ketones (excluding diaryl/α,β-unsaturated/α-hetero) is 1. The third kappa shape index (κ3) is 2.11. The number of fused-ring (bicyclic) bond motifs is 1. The highest BCUT2D eigenvalue weighted by molar-refractivity contribution is 9.10. The molecule has 1 aliphatic heterocycles. The Morgan fingerprint density at radius 3 is 2.60 bits per heavy atom. The van der Waals surface area contributed by atoms with Gasteiger partial charge in [-0.15, -0.1) is 11.3 Å². The molecule has 1 aromatic carbocycles. The smallest absolute Gasteiger partial charge is 0.299 e. The molecule has 0 aliphatic carbocycles. The van der Waals surface area contributed by atoms with Gasteiger partial charge in [0.05, 0.1) is 17.8 Å². The third-order valence-electron chi connectivity index (χ3n) is 3.35. The largest absolute Gasteiger partial charge is 0.300 e. The molecule has 2 aromatic rings. The molecule has 0 fully saturated rings. The molecule has 1 amide bonds. The van der Waals surface area contributed by atoms with E-state index in [1.54, 1.807) is 16.2 Å². The molecule has 3 rings (SSSR count). The lowest BCUT2D eigenvalue weighted by Crippen LogP contribution is -2.28. The van der Waals surface area contributed by atoms with Crippen LogP contribution in [0.5, 0.6) is 0 Å². The molecule has 0 radical (unpaired) electrons. The molecule has 20 heavy (non-hydrogen) atoms. The summed E-state index contributed by atoms with van der Waals surface area (Å²) in [5, 5.41) is 1.97. The van der Waals surface area contributed by atoms with Crippen molar-refractivity contribution in [2.75, 3.05) is 4.90 Å². The Morgan fingerprint density at radius 1 is 1.20 bits per heavy atom. The van der Waals surface area contributed by atoms with Crippen LogP contribution in [-0.2, 0) is 11.3 Å². The van der Waals surface area contributed by atoms with Crippen LogP contribution in [0.15, 0.2) is 28.1 Å². The van der Waals surface area contributed by atoms with Gasteiger partial charge in [0.15, 0.2) is 0 Å². The fourth-order valence-electron chi connectivity index (χ4n) is 2.54. The molecule has 0 bridgehead atoms. The van der Waals surface area contributed by atoms with Crippen LogP contribution in [-0.4, -0.2) is 11.7 Å². The summed E-state index contributed by atoms with van der Waals surface area (Å²) < 4.78 is 0.996. The molecule has 0 unspecified atom stereocenters. The average molecular weight is 350 g/mol. The van der Waals surface area contributed by atoms with Gasteiger partial charge in [-0.25, -0.2) is 0 Å². The number of anilines is 1. The van der Waals surface area contributed by atoms with E-state index in [9.17, 15) is 9.59 Å². The number of hydrogen-bond acceptors (Lipinski definition) is 3. The van der Waals surface area contributed by atoms with Crippen molar-refractivity contribution in [3.05, 3.63) is 49.6 Å². The molecule has 1 aliphatic rings. The van der Waals surface area contributed by atoms with Gasteiger partial charge in [-0.2, -0.15) is 0 Å². The van der Waals surface area contributed by atoms with Crippen LogP contribution in [0.2, 0.25) is 0 Å². The van der Waals surface area contributed by atoms with Gasteiger partial charge in [0.25, 0.3) is 11.7 Å². The first-order chi connectivity index (χ1) is 9.47. The molecule has 5 heteroatoms. The van der Waals surface area contributed by atoms with Gasteiger partial charge in [-0.3, -0.25) is 14.5 Å². The summed E-state index contributed by atoms with van der Waals surface area (Å²) in [6.07, 6.45) is 0. The van der Waals surface area contributed by atoms with E-state index in [-0.39, 0.29) is 0 Å². The van der Waals surface area contributed by atoms with Crippen LogP contribution >= 0.6 is 27.3 Å².